The monoisotopic (exact) mass is 579 g/mol. The number of aryl methyl sites for hydroxylation is 1. The zero-order valence-electron chi connectivity index (χ0n) is 22.1. The van der Waals surface area contributed by atoms with E-state index in [0.29, 0.717) is 28.1 Å². The standard InChI is InChI=1S/C28H29N5O5S2/c1-3-37-27(36)23-19-11-7-13-21(19)40-26(23)30-24(34)17(2)39-28-32-31-22(15-29-25(35)20-12-8-14-38-20)33(28)16-18-9-5-4-6-10-18/h4-6,8-10,12,14,17H,3,7,11,13,15-16H2,1-2H3,(H,29,35)(H,30,34)/t17-/m1/s1. The highest BCUT2D eigenvalue weighted by Crippen LogP contribution is 2.40. The van der Waals surface area contributed by atoms with E-state index in [-0.39, 0.29) is 30.7 Å². The smallest absolute Gasteiger partial charge is 0.341 e. The Morgan fingerprint density at radius 2 is 1.98 bits per heavy atom. The Kier molecular flexibility index (Phi) is 8.66. The van der Waals surface area contributed by atoms with E-state index in [9.17, 15) is 14.4 Å². The van der Waals surface area contributed by atoms with Crippen LogP contribution in [-0.2, 0) is 35.5 Å². The molecular formula is C28H29N5O5S2. The Balaban J connectivity index is 1.33. The first-order valence-corrected chi connectivity index (χ1v) is 14.7. The van der Waals surface area contributed by atoms with Crippen molar-refractivity contribution in [3.8, 4) is 0 Å². The number of furan rings is 1. The lowest BCUT2D eigenvalue weighted by Gasteiger charge is -2.14. The maximum Gasteiger partial charge on any atom is 0.341 e. The van der Waals surface area contributed by atoms with Gasteiger partial charge in [0.2, 0.25) is 5.91 Å². The third-order valence-corrected chi connectivity index (χ3v) is 8.71. The van der Waals surface area contributed by atoms with Crippen LogP contribution < -0.4 is 10.6 Å². The molecule has 0 saturated carbocycles. The molecular weight excluding hydrogens is 550 g/mol. The van der Waals surface area contributed by atoms with Crippen LogP contribution >= 0.6 is 23.1 Å². The summed E-state index contributed by atoms with van der Waals surface area (Å²) in [6, 6.07) is 13.0. The molecule has 12 heteroatoms. The molecule has 1 atom stereocenters. The molecule has 0 unspecified atom stereocenters. The van der Waals surface area contributed by atoms with Gasteiger partial charge in [0.15, 0.2) is 16.7 Å². The molecule has 1 aliphatic rings. The molecule has 1 aromatic carbocycles. The highest BCUT2D eigenvalue weighted by atomic mass is 32.2. The summed E-state index contributed by atoms with van der Waals surface area (Å²) in [6.07, 6.45) is 4.14. The van der Waals surface area contributed by atoms with Crippen LogP contribution in [0.25, 0.3) is 0 Å². The number of thiophene rings is 1. The van der Waals surface area contributed by atoms with Gasteiger partial charge >= 0.3 is 5.97 Å². The Morgan fingerprint density at radius 1 is 1.15 bits per heavy atom. The Bertz CT molecular complexity index is 1500. The summed E-state index contributed by atoms with van der Waals surface area (Å²) < 4.78 is 12.3. The highest BCUT2D eigenvalue weighted by Gasteiger charge is 2.30. The predicted molar refractivity (Wildman–Crippen MR) is 152 cm³/mol. The van der Waals surface area contributed by atoms with Gasteiger partial charge in [-0.15, -0.1) is 21.5 Å². The normalized spacial score (nSPS) is 13.1. The van der Waals surface area contributed by atoms with E-state index >= 15 is 0 Å². The minimum Gasteiger partial charge on any atom is -0.462 e. The van der Waals surface area contributed by atoms with Crippen LogP contribution in [0.3, 0.4) is 0 Å². The van der Waals surface area contributed by atoms with Gasteiger partial charge in [-0.2, -0.15) is 0 Å². The molecule has 10 nitrogen and oxygen atoms in total. The second-order valence-electron chi connectivity index (χ2n) is 9.16. The number of benzene rings is 1. The van der Waals surface area contributed by atoms with Gasteiger partial charge in [-0.3, -0.25) is 9.59 Å². The molecule has 5 rings (SSSR count). The van der Waals surface area contributed by atoms with Gasteiger partial charge in [-0.05, 0) is 56.4 Å². The lowest BCUT2D eigenvalue weighted by Crippen LogP contribution is -2.25. The van der Waals surface area contributed by atoms with Crippen molar-refractivity contribution in [1.29, 1.82) is 0 Å². The molecule has 0 saturated heterocycles. The lowest BCUT2D eigenvalue weighted by atomic mass is 10.1. The maximum atomic E-state index is 13.3. The number of amides is 2. The average Bonchev–Trinajstić information content (AvgIpc) is 3.74. The number of nitrogens with zero attached hydrogens (tertiary/aromatic N) is 3. The van der Waals surface area contributed by atoms with Crippen LogP contribution in [0.1, 0.15) is 63.0 Å². The number of fused-ring (bicyclic) bond motifs is 1. The van der Waals surface area contributed by atoms with E-state index < -0.39 is 11.2 Å². The topological polar surface area (TPSA) is 128 Å². The van der Waals surface area contributed by atoms with Gasteiger partial charge in [0.25, 0.3) is 5.91 Å². The number of rotatable bonds is 11. The molecule has 0 radical (unpaired) electrons. The molecule has 3 aromatic heterocycles. The third-order valence-electron chi connectivity index (χ3n) is 6.42. The van der Waals surface area contributed by atoms with Crippen molar-refractivity contribution >= 4 is 45.9 Å². The number of ether oxygens (including phenoxy) is 1. The van der Waals surface area contributed by atoms with Gasteiger partial charge < -0.3 is 24.4 Å². The van der Waals surface area contributed by atoms with Crippen molar-refractivity contribution in [2.75, 3.05) is 11.9 Å². The van der Waals surface area contributed by atoms with Gasteiger partial charge in [-0.25, -0.2) is 4.79 Å². The van der Waals surface area contributed by atoms with Crippen molar-refractivity contribution in [2.24, 2.45) is 0 Å². The quantitative estimate of drug-likeness (QED) is 0.193. The first-order chi connectivity index (χ1) is 19.4. The molecule has 4 aromatic rings. The van der Waals surface area contributed by atoms with E-state index in [2.05, 4.69) is 20.8 Å². The molecule has 2 amide bonds. The third kappa shape index (κ3) is 6.13. The fraction of sp³-hybridized carbons (Fsp3) is 0.321. The highest BCUT2D eigenvalue weighted by molar-refractivity contribution is 8.00. The van der Waals surface area contributed by atoms with Crippen molar-refractivity contribution in [2.45, 2.75) is 56.6 Å². The largest absolute Gasteiger partial charge is 0.462 e. The molecule has 0 bridgehead atoms. The van der Waals surface area contributed by atoms with E-state index in [0.717, 1.165) is 35.3 Å². The Labute approximate surface area is 239 Å². The SMILES string of the molecule is CCOC(=O)c1c(NC(=O)[C@@H](C)Sc2nnc(CNC(=O)c3ccco3)n2Cc2ccccc2)sc2c1CCC2. The van der Waals surface area contributed by atoms with E-state index in [4.69, 9.17) is 9.15 Å². The van der Waals surface area contributed by atoms with Crippen molar-refractivity contribution in [3.63, 3.8) is 0 Å². The fourth-order valence-electron chi connectivity index (χ4n) is 4.45. The first kappa shape index (κ1) is 27.7. The lowest BCUT2D eigenvalue weighted by molar-refractivity contribution is -0.115. The zero-order valence-corrected chi connectivity index (χ0v) is 23.8. The number of thioether (sulfide) groups is 1. The molecule has 2 N–H and O–H groups in total. The van der Waals surface area contributed by atoms with Crippen molar-refractivity contribution < 1.29 is 23.5 Å². The van der Waals surface area contributed by atoms with Gasteiger partial charge in [0.05, 0.1) is 36.8 Å². The number of esters is 1. The Morgan fingerprint density at radius 3 is 2.73 bits per heavy atom. The zero-order chi connectivity index (χ0) is 28.1. The van der Waals surface area contributed by atoms with Crippen LogP contribution in [0.5, 0.6) is 0 Å². The van der Waals surface area contributed by atoms with E-state index in [1.807, 2.05) is 34.9 Å². The van der Waals surface area contributed by atoms with Gasteiger partial charge in [0, 0.05) is 4.88 Å². The number of carbonyl (C=O) groups is 3. The Hall–Kier alpha value is -3.90. The average molecular weight is 580 g/mol. The minimum atomic E-state index is -0.545. The van der Waals surface area contributed by atoms with Crippen LogP contribution in [0.15, 0.2) is 58.3 Å². The van der Waals surface area contributed by atoms with E-state index in [1.165, 1.54) is 29.4 Å². The number of hydrogen-bond acceptors (Lipinski definition) is 9. The number of hydrogen-bond donors (Lipinski definition) is 2. The second-order valence-corrected chi connectivity index (χ2v) is 11.6. The van der Waals surface area contributed by atoms with Crippen LogP contribution in [0.4, 0.5) is 5.00 Å². The summed E-state index contributed by atoms with van der Waals surface area (Å²) >= 11 is 2.71. The fourth-order valence-corrected chi connectivity index (χ4v) is 6.60. The number of carbonyl (C=O) groups excluding carboxylic acids is 3. The van der Waals surface area contributed by atoms with Gasteiger partial charge in [-0.1, -0.05) is 42.1 Å². The number of anilines is 1. The summed E-state index contributed by atoms with van der Waals surface area (Å²) in [5.41, 5.74) is 2.49. The maximum absolute atomic E-state index is 13.3. The van der Waals surface area contributed by atoms with Crippen LogP contribution in [-0.4, -0.2) is 44.4 Å². The number of aromatic nitrogens is 3. The molecule has 1 aliphatic carbocycles. The second kappa shape index (κ2) is 12.5. The number of nitrogens with one attached hydrogen (secondary N) is 2. The van der Waals surface area contributed by atoms with Gasteiger partial charge in [0.1, 0.15) is 5.00 Å². The summed E-state index contributed by atoms with van der Waals surface area (Å²) in [6.45, 7) is 4.41. The van der Waals surface area contributed by atoms with E-state index in [1.54, 1.807) is 26.0 Å². The predicted octanol–water partition coefficient (Wildman–Crippen LogP) is 4.70. The van der Waals surface area contributed by atoms with Crippen molar-refractivity contribution in [3.05, 3.63) is 81.9 Å². The summed E-state index contributed by atoms with van der Waals surface area (Å²) in [4.78, 5) is 39.5. The molecule has 3 heterocycles. The first-order valence-electron chi connectivity index (χ1n) is 13.0. The summed E-state index contributed by atoms with van der Waals surface area (Å²) in [5.74, 6) is -0.269. The molecule has 40 heavy (non-hydrogen) atoms. The molecule has 0 fully saturated rings. The van der Waals surface area contributed by atoms with Crippen LogP contribution in [0, 0.1) is 0 Å². The molecule has 0 spiro atoms. The van der Waals surface area contributed by atoms with Crippen LogP contribution in [0.2, 0.25) is 0 Å². The molecule has 0 aliphatic heterocycles. The summed E-state index contributed by atoms with van der Waals surface area (Å²) in [5, 5.41) is 14.9. The summed E-state index contributed by atoms with van der Waals surface area (Å²) in [7, 11) is 0. The van der Waals surface area contributed by atoms with Crippen molar-refractivity contribution in [1.82, 2.24) is 20.1 Å². The molecule has 208 valence electrons. The minimum absolute atomic E-state index is 0.129.